The van der Waals surface area contributed by atoms with E-state index in [2.05, 4.69) is 15.3 Å². The van der Waals surface area contributed by atoms with Crippen molar-refractivity contribution >= 4 is 23.6 Å². The minimum Gasteiger partial charge on any atom is -0.438 e. The Morgan fingerprint density at radius 1 is 1.14 bits per heavy atom. The highest BCUT2D eigenvalue weighted by molar-refractivity contribution is 7.98. The monoisotopic (exact) mass is 494 g/mol. The number of likely N-dealkylation sites (tertiary alicyclic amines) is 1. The standard InChI is InChI=1S/C26H27FN4O3S/c1-35-22-7-4-6-21(16-22)34-26-23(15-18(27)17-29-26)25(33)30-20-10-13-31(14-11-20)24(32)9-8-19-5-2-3-12-28-19/h2-7,12,15-17,20H,8-11,13-14H2,1H3,(H,30,33). The number of piperidine rings is 1. The van der Waals surface area contributed by atoms with Crippen molar-refractivity contribution in [3.05, 3.63) is 78.0 Å². The van der Waals surface area contributed by atoms with Crippen LogP contribution in [0.4, 0.5) is 4.39 Å². The van der Waals surface area contributed by atoms with E-state index in [1.807, 2.05) is 47.6 Å². The maximum Gasteiger partial charge on any atom is 0.257 e. The maximum absolute atomic E-state index is 13.9. The number of aromatic nitrogens is 2. The number of aryl methyl sites for hydroxylation is 1. The van der Waals surface area contributed by atoms with Crippen molar-refractivity contribution in [1.29, 1.82) is 0 Å². The quantitative estimate of drug-likeness (QED) is 0.465. The molecule has 0 spiro atoms. The number of carbonyl (C=O) groups is 2. The number of benzene rings is 1. The molecule has 4 rings (SSSR count). The van der Waals surface area contributed by atoms with Crippen molar-refractivity contribution in [3.63, 3.8) is 0 Å². The molecule has 0 radical (unpaired) electrons. The van der Waals surface area contributed by atoms with Crippen molar-refractivity contribution in [2.45, 2.75) is 36.6 Å². The number of carbonyl (C=O) groups excluding carboxylic acids is 2. The first-order valence-electron chi connectivity index (χ1n) is 11.5. The predicted octanol–water partition coefficient (Wildman–Crippen LogP) is 4.48. The van der Waals surface area contributed by atoms with Gasteiger partial charge in [-0.2, -0.15) is 0 Å². The second-order valence-corrected chi connectivity index (χ2v) is 9.12. The van der Waals surface area contributed by atoms with Gasteiger partial charge < -0.3 is 15.0 Å². The summed E-state index contributed by atoms with van der Waals surface area (Å²) in [5.74, 6) is -0.425. The number of rotatable bonds is 8. The number of hydrogen-bond donors (Lipinski definition) is 1. The van der Waals surface area contributed by atoms with E-state index >= 15 is 0 Å². The van der Waals surface area contributed by atoms with Crippen LogP contribution in [0.1, 0.15) is 35.3 Å². The van der Waals surface area contributed by atoms with Gasteiger partial charge in [0.05, 0.1) is 6.20 Å². The van der Waals surface area contributed by atoms with Crippen LogP contribution in [-0.4, -0.2) is 52.1 Å². The molecule has 9 heteroatoms. The number of amides is 2. The van der Waals surface area contributed by atoms with E-state index < -0.39 is 11.7 Å². The molecule has 2 aromatic heterocycles. The summed E-state index contributed by atoms with van der Waals surface area (Å²) in [6, 6.07) is 14.0. The molecular formula is C26H27FN4O3S. The first-order valence-corrected chi connectivity index (χ1v) is 12.7. The van der Waals surface area contributed by atoms with Gasteiger partial charge in [0.1, 0.15) is 17.1 Å². The fraction of sp³-hybridized carbons (Fsp3) is 0.308. The molecule has 1 saturated heterocycles. The molecule has 0 unspecified atom stereocenters. The summed E-state index contributed by atoms with van der Waals surface area (Å²) < 4.78 is 19.7. The van der Waals surface area contributed by atoms with Gasteiger partial charge in [-0.05, 0) is 61.9 Å². The molecule has 0 bridgehead atoms. The van der Waals surface area contributed by atoms with Crippen LogP contribution in [0.3, 0.4) is 0 Å². The van der Waals surface area contributed by atoms with Gasteiger partial charge in [-0.25, -0.2) is 9.37 Å². The van der Waals surface area contributed by atoms with Gasteiger partial charge >= 0.3 is 0 Å². The van der Waals surface area contributed by atoms with Crippen molar-refractivity contribution in [1.82, 2.24) is 20.2 Å². The number of pyridine rings is 2. The lowest BCUT2D eigenvalue weighted by Gasteiger charge is -2.32. The van der Waals surface area contributed by atoms with Gasteiger partial charge in [-0.3, -0.25) is 14.6 Å². The van der Waals surface area contributed by atoms with Gasteiger partial charge in [0.2, 0.25) is 11.8 Å². The predicted molar refractivity (Wildman–Crippen MR) is 132 cm³/mol. The lowest BCUT2D eigenvalue weighted by Crippen LogP contribution is -2.46. The highest BCUT2D eigenvalue weighted by Gasteiger charge is 2.25. The molecule has 1 aromatic carbocycles. The molecule has 3 heterocycles. The molecule has 1 aliphatic rings. The first kappa shape index (κ1) is 24.7. The second kappa shape index (κ2) is 11.8. The van der Waals surface area contributed by atoms with Gasteiger partial charge in [-0.15, -0.1) is 11.8 Å². The van der Waals surface area contributed by atoms with Crippen molar-refractivity contribution in [3.8, 4) is 11.6 Å². The number of thioether (sulfide) groups is 1. The van der Waals surface area contributed by atoms with E-state index in [1.54, 1.807) is 24.0 Å². The van der Waals surface area contributed by atoms with Crippen molar-refractivity contribution in [2.75, 3.05) is 19.3 Å². The summed E-state index contributed by atoms with van der Waals surface area (Å²) in [4.78, 5) is 36.6. The van der Waals surface area contributed by atoms with Crippen LogP contribution in [0.15, 0.2) is 65.8 Å². The number of hydrogen-bond acceptors (Lipinski definition) is 6. The molecule has 35 heavy (non-hydrogen) atoms. The minimum absolute atomic E-state index is 0.0356. The fourth-order valence-corrected chi connectivity index (χ4v) is 4.37. The molecule has 7 nitrogen and oxygen atoms in total. The van der Waals surface area contributed by atoms with Gasteiger partial charge in [0.15, 0.2) is 0 Å². The van der Waals surface area contributed by atoms with E-state index in [4.69, 9.17) is 4.74 Å². The second-order valence-electron chi connectivity index (χ2n) is 8.24. The molecule has 182 valence electrons. The summed E-state index contributed by atoms with van der Waals surface area (Å²) in [6.07, 6.45) is 6.95. The summed E-state index contributed by atoms with van der Waals surface area (Å²) >= 11 is 1.56. The van der Waals surface area contributed by atoms with E-state index in [-0.39, 0.29) is 23.4 Å². The van der Waals surface area contributed by atoms with E-state index in [0.717, 1.165) is 22.9 Å². The Balaban J connectivity index is 1.33. The minimum atomic E-state index is -0.617. The summed E-state index contributed by atoms with van der Waals surface area (Å²) in [7, 11) is 0. The number of nitrogens with one attached hydrogen (secondary N) is 1. The van der Waals surface area contributed by atoms with Crippen LogP contribution >= 0.6 is 11.8 Å². The largest absolute Gasteiger partial charge is 0.438 e. The zero-order chi connectivity index (χ0) is 24.6. The summed E-state index contributed by atoms with van der Waals surface area (Å²) in [6.45, 7) is 1.11. The Kier molecular flexibility index (Phi) is 8.31. The highest BCUT2D eigenvalue weighted by Crippen LogP contribution is 2.27. The maximum atomic E-state index is 13.9. The Morgan fingerprint density at radius 2 is 1.97 bits per heavy atom. The molecule has 2 amide bonds. The normalized spacial score (nSPS) is 13.9. The average Bonchev–Trinajstić information content (AvgIpc) is 2.89. The van der Waals surface area contributed by atoms with E-state index in [9.17, 15) is 14.0 Å². The zero-order valence-corrected chi connectivity index (χ0v) is 20.3. The molecule has 1 fully saturated rings. The third-order valence-electron chi connectivity index (χ3n) is 5.82. The number of ether oxygens (including phenoxy) is 1. The number of halogens is 1. The molecule has 1 N–H and O–H groups in total. The molecule has 0 saturated carbocycles. The van der Waals surface area contributed by atoms with Crippen LogP contribution in [-0.2, 0) is 11.2 Å². The lowest BCUT2D eigenvalue weighted by molar-refractivity contribution is -0.132. The Hall–Kier alpha value is -3.46. The molecule has 1 aliphatic heterocycles. The van der Waals surface area contributed by atoms with Crippen LogP contribution in [0.2, 0.25) is 0 Å². The third-order valence-corrected chi connectivity index (χ3v) is 6.55. The Morgan fingerprint density at radius 3 is 2.71 bits per heavy atom. The van der Waals surface area contributed by atoms with Crippen LogP contribution < -0.4 is 10.1 Å². The molecular weight excluding hydrogens is 467 g/mol. The Labute approximate surface area is 208 Å². The zero-order valence-electron chi connectivity index (χ0n) is 19.4. The van der Waals surface area contributed by atoms with E-state index in [1.165, 1.54) is 0 Å². The van der Waals surface area contributed by atoms with Crippen molar-refractivity contribution < 1.29 is 18.7 Å². The van der Waals surface area contributed by atoms with E-state index in [0.29, 0.717) is 44.5 Å². The van der Waals surface area contributed by atoms with Gasteiger partial charge in [0, 0.05) is 42.3 Å². The average molecular weight is 495 g/mol. The first-order chi connectivity index (χ1) is 17.0. The van der Waals surface area contributed by atoms with Crippen molar-refractivity contribution in [2.24, 2.45) is 0 Å². The third kappa shape index (κ3) is 6.79. The molecule has 0 atom stereocenters. The summed E-state index contributed by atoms with van der Waals surface area (Å²) in [5.41, 5.74) is 0.929. The number of nitrogens with zero attached hydrogens (tertiary/aromatic N) is 3. The summed E-state index contributed by atoms with van der Waals surface area (Å²) in [5, 5.41) is 2.95. The van der Waals surface area contributed by atoms with Crippen LogP contribution in [0, 0.1) is 5.82 Å². The molecule has 0 aliphatic carbocycles. The fourth-order valence-electron chi connectivity index (χ4n) is 3.92. The van der Waals surface area contributed by atoms with Gasteiger partial charge in [0.25, 0.3) is 5.91 Å². The van der Waals surface area contributed by atoms with Gasteiger partial charge in [-0.1, -0.05) is 12.1 Å². The molecule has 3 aromatic rings. The topological polar surface area (TPSA) is 84.4 Å². The van der Waals surface area contributed by atoms with Crippen LogP contribution in [0.5, 0.6) is 11.6 Å². The smallest absolute Gasteiger partial charge is 0.257 e. The van der Waals surface area contributed by atoms with Crippen LogP contribution in [0.25, 0.3) is 0 Å². The highest BCUT2D eigenvalue weighted by atomic mass is 32.2. The Bertz CT molecular complexity index is 1170. The SMILES string of the molecule is CSc1cccc(Oc2ncc(F)cc2C(=O)NC2CCN(C(=O)CCc3ccccn3)CC2)c1. The lowest BCUT2D eigenvalue weighted by atomic mass is 10.0.